The summed E-state index contributed by atoms with van der Waals surface area (Å²) in [5, 5.41) is 7.80. The van der Waals surface area contributed by atoms with Crippen molar-refractivity contribution in [2.75, 3.05) is 23.4 Å². The summed E-state index contributed by atoms with van der Waals surface area (Å²) in [5.41, 5.74) is 0.881. The Labute approximate surface area is 135 Å². The molecule has 1 aromatic heterocycles. The molecule has 0 saturated heterocycles. The SMILES string of the molecule is CCNc1cc(Nc2ccc(Br)c(Cl)c2)nc(SC)n1. The lowest BCUT2D eigenvalue weighted by molar-refractivity contribution is 0.967. The van der Waals surface area contributed by atoms with Crippen LogP contribution in [-0.2, 0) is 0 Å². The Bertz CT molecular complexity index is 609. The first-order chi connectivity index (χ1) is 9.62. The van der Waals surface area contributed by atoms with Crippen LogP contribution in [0, 0.1) is 0 Å². The van der Waals surface area contributed by atoms with Crippen LogP contribution in [-0.4, -0.2) is 22.8 Å². The number of thioether (sulfide) groups is 1. The largest absolute Gasteiger partial charge is 0.370 e. The van der Waals surface area contributed by atoms with Crippen LogP contribution in [0.3, 0.4) is 0 Å². The fourth-order valence-electron chi connectivity index (χ4n) is 1.57. The van der Waals surface area contributed by atoms with Gasteiger partial charge in [-0.15, -0.1) is 0 Å². The first kappa shape index (κ1) is 15.4. The maximum Gasteiger partial charge on any atom is 0.191 e. The van der Waals surface area contributed by atoms with Gasteiger partial charge in [0.1, 0.15) is 11.6 Å². The van der Waals surface area contributed by atoms with Gasteiger partial charge in [0.15, 0.2) is 5.16 Å². The van der Waals surface area contributed by atoms with Gasteiger partial charge in [-0.1, -0.05) is 23.4 Å². The molecule has 0 aliphatic rings. The molecule has 0 radical (unpaired) electrons. The Morgan fingerprint density at radius 2 is 2.00 bits per heavy atom. The first-order valence-electron chi connectivity index (χ1n) is 6.01. The van der Waals surface area contributed by atoms with Gasteiger partial charge in [-0.25, -0.2) is 9.97 Å². The van der Waals surface area contributed by atoms with Crippen LogP contribution in [0.2, 0.25) is 5.02 Å². The van der Waals surface area contributed by atoms with E-state index in [2.05, 4.69) is 36.5 Å². The van der Waals surface area contributed by atoms with Crippen molar-refractivity contribution >= 4 is 56.6 Å². The van der Waals surface area contributed by atoms with Crippen molar-refractivity contribution in [1.29, 1.82) is 0 Å². The van der Waals surface area contributed by atoms with Crippen molar-refractivity contribution in [3.05, 3.63) is 33.8 Å². The molecule has 0 aliphatic carbocycles. The predicted molar refractivity (Wildman–Crippen MR) is 90.4 cm³/mol. The molecular weight excluding hydrogens is 360 g/mol. The van der Waals surface area contributed by atoms with Crippen LogP contribution in [0.25, 0.3) is 0 Å². The van der Waals surface area contributed by atoms with Crippen LogP contribution >= 0.6 is 39.3 Å². The van der Waals surface area contributed by atoms with Gasteiger partial charge in [0.25, 0.3) is 0 Å². The molecule has 0 atom stereocenters. The monoisotopic (exact) mass is 372 g/mol. The number of halogens is 2. The second kappa shape index (κ2) is 7.15. The lowest BCUT2D eigenvalue weighted by Gasteiger charge is -2.10. The summed E-state index contributed by atoms with van der Waals surface area (Å²) in [6, 6.07) is 7.55. The van der Waals surface area contributed by atoms with Crippen molar-refractivity contribution < 1.29 is 0 Å². The third-order valence-corrected chi connectivity index (χ3v) is 4.22. The van der Waals surface area contributed by atoms with Gasteiger partial charge in [-0.05, 0) is 47.3 Å². The number of anilines is 3. The summed E-state index contributed by atoms with van der Waals surface area (Å²) in [5.74, 6) is 1.54. The molecular formula is C13H14BrClN4S. The van der Waals surface area contributed by atoms with E-state index in [1.807, 2.05) is 37.4 Å². The van der Waals surface area contributed by atoms with Gasteiger partial charge < -0.3 is 10.6 Å². The van der Waals surface area contributed by atoms with E-state index in [1.165, 1.54) is 11.8 Å². The maximum atomic E-state index is 6.08. The minimum absolute atomic E-state index is 0.654. The van der Waals surface area contributed by atoms with E-state index >= 15 is 0 Å². The molecule has 4 nitrogen and oxygen atoms in total. The Morgan fingerprint density at radius 3 is 2.65 bits per heavy atom. The summed E-state index contributed by atoms with van der Waals surface area (Å²) in [6.07, 6.45) is 1.95. The fourth-order valence-corrected chi connectivity index (χ4v) is 2.38. The molecule has 7 heteroatoms. The number of nitrogens with zero attached hydrogens (tertiary/aromatic N) is 2. The summed E-state index contributed by atoms with van der Waals surface area (Å²) in [6.45, 7) is 2.84. The standard InChI is InChI=1S/C13H14BrClN4S/c1-3-16-11-7-12(19-13(18-11)20-2)17-8-4-5-9(14)10(15)6-8/h4-7H,3H2,1-2H3,(H2,16,17,18,19). The molecule has 0 amide bonds. The van der Waals surface area contributed by atoms with E-state index in [4.69, 9.17) is 11.6 Å². The number of aromatic nitrogens is 2. The topological polar surface area (TPSA) is 49.8 Å². The zero-order valence-electron chi connectivity index (χ0n) is 11.1. The lowest BCUT2D eigenvalue weighted by atomic mass is 10.3. The van der Waals surface area contributed by atoms with Crippen LogP contribution in [0.4, 0.5) is 17.3 Å². The summed E-state index contributed by atoms with van der Waals surface area (Å²) in [4.78, 5) is 8.81. The van der Waals surface area contributed by atoms with Gasteiger partial charge >= 0.3 is 0 Å². The Kier molecular flexibility index (Phi) is 5.51. The van der Waals surface area contributed by atoms with E-state index in [-0.39, 0.29) is 0 Å². The predicted octanol–water partition coefficient (Wildman–Crippen LogP) is 4.79. The summed E-state index contributed by atoms with van der Waals surface area (Å²) >= 11 is 11.0. The summed E-state index contributed by atoms with van der Waals surface area (Å²) in [7, 11) is 0. The fraction of sp³-hybridized carbons (Fsp3) is 0.231. The third-order valence-electron chi connectivity index (χ3n) is 2.44. The molecule has 0 spiro atoms. The highest BCUT2D eigenvalue weighted by Gasteiger charge is 2.05. The van der Waals surface area contributed by atoms with Gasteiger partial charge in [0.2, 0.25) is 0 Å². The van der Waals surface area contributed by atoms with Gasteiger partial charge in [-0.2, -0.15) is 0 Å². The highest BCUT2D eigenvalue weighted by molar-refractivity contribution is 9.10. The van der Waals surface area contributed by atoms with E-state index < -0.39 is 0 Å². The minimum Gasteiger partial charge on any atom is -0.370 e. The van der Waals surface area contributed by atoms with E-state index in [1.54, 1.807) is 0 Å². The maximum absolute atomic E-state index is 6.08. The zero-order valence-corrected chi connectivity index (χ0v) is 14.2. The third kappa shape index (κ3) is 4.01. The molecule has 2 rings (SSSR count). The highest BCUT2D eigenvalue weighted by Crippen LogP contribution is 2.27. The number of benzene rings is 1. The highest BCUT2D eigenvalue weighted by atomic mass is 79.9. The van der Waals surface area contributed by atoms with Crippen molar-refractivity contribution in [1.82, 2.24) is 9.97 Å². The lowest BCUT2D eigenvalue weighted by Crippen LogP contribution is -2.03. The van der Waals surface area contributed by atoms with Gasteiger partial charge in [0, 0.05) is 22.8 Å². The Balaban J connectivity index is 2.27. The first-order valence-corrected chi connectivity index (χ1v) is 8.41. The van der Waals surface area contributed by atoms with Crippen LogP contribution in [0.1, 0.15) is 6.92 Å². The number of hydrogen-bond acceptors (Lipinski definition) is 5. The zero-order chi connectivity index (χ0) is 14.5. The molecule has 106 valence electrons. The van der Waals surface area contributed by atoms with E-state index in [9.17, 15) is 0 Å². The van der Waals surface area contributed by atoms with E-state index in [0.717, 1.165) is 28.3 Å². The molecule has 1 aromatic carbocycles. The molecule has 0 saturated carbocycles. The average Bonchev–Trinajstić information content (AvgIpc) is 2.43. The molecule has 0 fully saturated rings. The van der Waals surface area contributed by atoms with Crippen molar-refractivity contribution in [2.24, 2.45) is 0 Å². The Morgan fingerprint density at radius 1 is 1.25 bits per heavy atom. The minimum atomic E-state index is 0.654. The molecule has 2 aromatic rings. The van der Waals surface area contributed by atoms with Crippen LogP contribution in [0.15, 0.2) is 33.9 Å². The van der Waals surface area contributed by atoms with Gasteiger partial charge in [-0.3, -0.25) is 0 Å². The second-order valence-electron chi connectivity index (χ2n) is 3.91. The van der Waals surface area contributed by atoms with E-state index in [0.29, 0.717) is 10.2 Å². The van der Waals surface area contributed by atoms with Crippen LogP contribution < -0.4 is 10.6 Å². The quantitative estimate of drug-likeness (QED) is 0.583. The molecule has 20 heavy (non-hydrogen) atoms. The molecule has 0 aliphatic heterocycles. The van der Waals surface area contributed by atoms with Crippen molar-refractivity contribution in [3.63, 3.8) is 0 Å². The molecule has 2 N–H and O–H groups in total. The smallest absolute Gasteiger partial charge is 0.191 e. The molecule has 1 heterocycles. The van der Waals surface area contributed by atoms with Crippen molar-refractivity contribution in [2.45, 2.75) is 12.1 Å². The number of rotatable bonds is 5. The Hall–Kier alpha value is -0.980. The number of nitrogens with one attached hydrogen (secondary N) is 2. The molecule has 0 bridgehead atoms. The number of hydrogen-bond donors (Lipinski definition) is 2. The normalized spacial score (nSPS) is 10.4. The summed E-state index contributed by atoms with van der Waals surface area (Å²) < 4.78 is 0.866. The second-order valence-corrected chi connectivity index (χ2v) is 5.94. The van der Waals surface area contributed by atoms with Gasteiger partial charge in [0.05, 0.1) is 5.02 Å². The van der Waals surface area contributed by atoms with Crippen molar-refractivity contribution in [3.8, 4) is 0 Å². The van der Waals surface area contributed by atoms with Crippen LogP contribution in [0.5, 0.6) is 0 Å². The molecule has 0 unspecified atom stereocenters. The average molecular weight is 374 g/mol.